The van der Waals surface area contributed by atoms with E-state index in [4.69, 9.17) is 17.4 Å². The van der Waals surface area contributed by atoms with Gasteiger partial charge in [-0.3, -0.25) is 4.79 Å². The summed E-state index contributed by atoms with van der Waals surface area (Å²) in [7, 11) is 0. The highest BCUT2D eigenvalue weighted by atomic mass is 35.5. The van der Waals surface area contributed by atoms with Crippen molar-refractivity contribution in [3.63, 3.8) is 0 Å². The third-order valence-electron chi connectivity index (χ3n) is 2.34. The average Bonchev–Trinajstić information content (AvgIpc) is 2.92. The summed E-state index contributed by atoms with van der Waals surface area (Å²) >= 11 is 5.89. The molecule has 0 radical (unpaired) electrons. The van der Waals surface area contributed by atoms with Gasteiger partial charge in [-0.15, -0.1) is 10.2 Å². The fourth-order valence-corrected chi connectivity index (χ4v) is 1.59. The van der Waals surface area contributed by atoms with Crippen LogP contribution in [0.2, 0.25) is 5.02 Å². The molecule has 10 heteroatoms. The topological polar surface area (TPSA) is 134 Å². The van der Waals surface area contributed by atoms with E-state index in [9.17, 15) is 4.79 Å². The van der Waals surface area contributed by atoms with E-state index < -0.39 is 6.04 Å². The van der Waals surface area contributed by atoms with Crippen molar-refractivity contribution in [1.29, 1.82) is 0 Å². The van der Waals surface area contributed by atoms with Crippen molar-refractivity contribution in [3.8, 4) is 0 Å². The molecule has 1 atom stereocenters. The molecule has 0 bridgehead atoms. The van der Waals surface area contributed by atoms with Crippen LogP contribution in [0.3, 0.4) is 0 Å². The molecule has 2 rings (SSSR count). The number of nitrogen functional groups attached to an aromatic ring is 1. The number of hydrogen-bond acceptors (Lipinski definition) is 7. The number of aromatic nitrogens is 5. The van der Waals surface area contributed by atoms with Crippen LogP contribution < -0.4 is 16.6 Å². The molecule has 100 valence electrons. The normalized spacial score (nSPS) is 11.9. The van der Waals surface area contributed by atoms with Gasteiger partial charge in [0.25, 0.3) is 5.91 Å². The smallest absolute Gasteiger partial charge is 0.253 e. The van der Waals surface area contributed by atoms with Crippen molar-refractivity contribution < 1.29 is 4.79 Å². The molecule has 2 aromatic rings. The van der Waals surface area contributed by atoms with Crippen molar-refractivity contribution in [2.75, 3.05) is 5.43 Å². The van der Waals surface area contributed by atoms with Gasteiger partial charge >= 0.3 is 0 Å². The first-order chi connectivity index (χ1) is 9.11. The fourth-order valence-electron chi connectivity index (χ4n) is 1.37. The SMILES string of the molecule is CC(NC(=O)c1cnc(NN)c(Cl)c1)c1nn[nH]n1. The highest BCUT2D eigenvalue weighted by molar-refractivity contribution is 6.33. The van der Waals surface area contributed by atoms with E-state index in [1.54, 1.807) is 6.92 Å². The number of amides is 1. The van der Waals surface area contributed by atoms with Crippen LogP contribution in [0.4, 0.5) is 5.82 Å². The highest BCUT2D eigenvalue weighted by Gasteiger charge is 2.16. The number of carbonyl (C=O) groups is 1. The first-order valence-corrected chi connectivity index (χ1v) is 5.66. The number of nitrogens with zero attached hydrogens (tertiary/aromatic N) is 4. The van der Waals surface area contributed by atoms with E-state index >= 15 is 0 Å². The summed E-state index contributed by atoms with van der Waals surface area (Å²) in [6, 6.07) is 1.07. The second-order valence-corrected chi connectivity index (χ2v) is 4.07. The molecule has 1 amide bonds. The van der Waals surface area contributed by atoms with E-state index in [2.05, 4.69) is 36.4 Å². The van der Waals surface area contributed by atoms with Gasteiger partial charge in [0.1, 0.15) is 0 Å². The maximum absolute atomic E-state index is 12.0. The van der Waals surface area contributed by atoms with Crippen molar-refractivity contribution >= 4 is 23.3 Å². The zero-order valence-electron chi connectivity index (χ0n) is 9.88. The van der Waals surface area contributed by atoms with Crippen LogP contribution in [-0.4, -0.2) is 31.5 Å². The molecule has 0 aliphatic heterocycles. The molecule has 0 saturated carbocycles. The minimum Gasteiger partial charge on any atom is -0.342 e. The third-order valence-corrected chi connectivity index (χ3v) is 2.62. The summed E-state index contributed by atoms with van der Waals surface area (Å²) < 4.78 is 0. The Kier molecular flexibility index (Phi) is 3.88. The van der Waals surface area contributed by atoms with Crippen molar-refractivity contribution in [3.05, 3.63) is 28.7 Å². The predicted octanol–water partition coefficient (Wildman–Crippen LogP) is 0.0247. The minimum absolute atomic E-state index is 0.252. The van der Waals surface area contributed by atoms with Gasteiger partial charge in [0.2, 0.25) is 0 Å². The number of H-pyrrole nitrogens is 1. The standard InChI is InChI=1S/C9H11ClN8O/c1-4(7-15-17-18-16-7)13-9(19)5-2-6(10)8(14-11)12-3-5/h2-4H,11H2,1H3,(H,12,14)(H,13,19)(H,15,16,17,18). The number of nitrogens with two attached hydrogens (primary N) is 1. The zero-order valence-corrected chi connectivity index (χ0v) is 10.6. The Morgan fingerprint density at radius 3 is 2.95 bits per heavy atom. The van der Waals surface area contributed by atoms with Gasteiger partial charge in [-0.05, 0) is 13.0 Å². The van der Waals surface area contributed by atoms with Gasteiger partial charge < -0.3 is 10.7 Å². The minimum atomic E-state index is -0.391. The number of nitrogens with one attached hydrogen (secondary N) is 3. The Labute approximate surface area is 112 Å². The van der Waals surface area contributed by atoms with Crippen LogP contribution in [0.15, 0.2) is 12.3 Å². The number of carbonyl (C=O) groups excluding carboxylic acids is 1. The van der Waals surface area contributed by atoms with Crippen LogP contribution in [0.5, 0.6) is 0 Å². The maximum Gasteiger partial charge on any atom is 0.253 e. The van der Waals surface area contributed by atoms with Crippen molar-refractivity contribution in [1.82, 2.24) is 30.9 Å². The van der Waals surface area contributed by atoms with Crippen LogP contribution in [-0.2, 0) is 0 Å². The molecule has 5 N–H and O–H groups in total. The van der Waals surface area contributed by atoms with E-state index in [1.807, 2.05) is 0 Å². The summed E-state index contributed by atoms with van der Waals surface area (Å²) in [5, 5.41) is 16.2. The lowest BCUT2D eigenvalue weighted by atomic mass is 10.2. The largest absolute Gasteiger partial charge is 0.342 e. The van der Waals surface area contributed by atoms with E-state index in [-0.39, 0.29) is 10.9 Å². The van der Waals surface area contributed by atoms with Crippen LogP contribution >= 0.6 is 11.6 Å². The molecule has 19 heavy (non-hydrogen) atoms. The van der Waals surface area contributed by atoms with Crippen LogP contribution in [0.25, 0.3) is 0 Å². The highest BCUT2D eigenvalue weighted by Crippen LogP contribution is 2.19. The van der Waals surface area contributed by atoms with Gasteiger partial charge in [0.15, 0.2) is 11.6 Å². The quantitative estimate of drug-likeness (QED) is 0.459. The Bertz CT molecular complexity index is 572. The number of rotatable bonds is 4. The molecular weight excluding hydrogens is 272 g/mol. The van der Waals surface area contributed by atoms with E-state index in [1.165, 1.54) is 12.3 Å². The maximum atomic E-state index is 12.0. The van der Waals surface area contributed by atoms with Crippen molar-refractivity contribution in [2.24, 2.45) is 5.84 Å². The molecule has 2 aromatic heterocycles. The van der Waals surface area contributed by atoms with Gasteiger partial charge in [0, 0.05) is 6.20 Å². The van der Waals surface area contributed by atoms with Crippen molar-refractivity contribution in [2.45, 2.75) is 13.0 Å². The molecule has 0 spiro atoms. The first-order valence-electron chi connectivity index (χ1n) is 5.28. The predicted molar refractivity (Wildman–Crippen MR) is 67.1 cm³/mol. The Morgan fingerprint density at radius 1 is 1.58 bits per heavy atom. The second kappa shape index (κ2) is 5.59. The Balaban J connectivity index is 2.10. The van der Waals surface area contributed by atoms with Gasteiger partial charge in [-0.2, -0.15) is 5.21 Å². The number of hydrazine groups is 1. The first kappa shape index (κ1) is 13.2. The zero-order chi connectivity index (χ0) is 13.8. The number of pyridine rings is 1. The molecule has 0 aromatic carbocycles. The average molecular weight is 283 g/mol. The molecule has 1 unspecified atom stereocenters. The van der Waals surface area contributed by atoms with E-state index in [0.717, 1.165) is 0 Å². The summed E-state index contributed by atoms with van der Waals surface area (Å²) in [6.07, 6.45) is 1.36. The molecule has 0 aliphatic rings. The third kappa shape index (κ3) is 2.95. The second-order valence-electron chi connectivity index (χ2n) is 3.66. The molecule has 0 aliphatic carbocycles. The monoisotopic (exact) mass is 282 g/mol. The lowest BCUT2D eigenvalue weighted by Crippen LogP contribution is -2.27. The van der Waals surface area contributed by atoms with Gasteiger partial charge in [0.05, 0.1) is 16.6 Å². The lowest BCUT2D eigenvalue weighted by molar-refractivity contribution is 0.0938. The number of tetrazole rings is 1. The Hall–Kier alpha value is -2.26. The summed E-state index contributed by atoms with van der Waals surface area (Å²) in [5.41, 5.74) is 2.62. The van der Waals surface area contributed by atoms with E-state index in [0.29, 0.717) is 17.2 Å². The van der Waals surface area contributed by atoms with Gasteiger partial charge in [-0.25, -0.2) is 10.8 Å². The Morgan fingerprint density at radius 2 is 2.37 bits per heavy atom. The number of anilines is 1. The fraction of sp³-hybridized carbons (Fsp3) is 0.222. The molecular formula is C9H11ClN8O. The molecule has 0 fully saturated rings. The number of halogens is 1. The molecule has 2 heterocycles. The van der Waals surface area contributed by atoms with Gasteiger partial charge in [-0.1, -0.05) is 16.8 Å². The summed E-state index contributed by atoms with van der Waals surface area (Å²) in [6.45, 7) is 1.73. The number of aromatic amines is 1. The van der Waals surface area contributed by atoms with Crippen LogP contribution in [0, 0.1) is 0 Å². The molecule has 9 nitrogen and oxygen atoms in total. The summed E-state index contributed by atoms with van der Waals surface area (Å²) in [5.74, 6) is 5.52. The number of hydrogen-bond donors (Lipinski definition) is 4. The molecule has 0 saturated heterocycles. The van der Waals surface area contributed by atoms with Crippen LogP contribution in [0.1, 0.15) is 29.1 Å². The lowest BCUT2D eigenvalue weighted by Gasteiger charge is -2.10. The summed E-state index contributed by atoms with van der Waals surface area (Å²) in [4.78, 5) is 15.9.